The zero-order valence-corrected chi connectivity index (χ0v) is 9.28. The Labute approximate surface area is 99.2 Å². The maximum Gasteiger partial charge on any atom is 0.140 e. The van der Waals surface area contributed by atoms with Crippen molar-refractivity contribution in [1.82, 2.24) is 9.71 Å². The lowest BCUT2D eigenvalue weighted by Crippen LogP contribution is -2.08. The lowest BCUT2D eigenvalue weighted by Gasteiger charge is -2.05. The Morgan fingerprint density at radius 1 is 0.941 bits per heavy atom. The van der Waals surface area contributed by atoms with Gasteiger partial charge in [-0.2, -0.15) is 4.73 Å². The molecule has 3 rings (SSSR count). The predicted octanol–water partition coefficient (Wildman–Crippen LogP) is 2.67. The Balaban J connectivity index is 1.77. The number of hydrogen-bond acceptors (Lipinski definition) is 2. The fourth-order valence-electron chi connectivity index (χ4n) is 1.76. The lowest BCUT2D eigenvalue weighted by atomic mass is 10.2. The SMILES string of the molecule is c1ccc2cn(OCc3ccncc3)cc2c1. The highest BCUT2D eigenvalue weighted by Gasteiger charge is 1.98. The number of nitrogens with zero attached hydrogens (tertiary/aromatic N) is 2. The van der Waals surface area contributed by atoms with E-state index in [1.54, 1.807) is 17.1 Å². The summed E-state index contributed by atoms with van der Waals surface area (Å²) in [7, 11) is 0. The first kappa shape index (κ1) is 9.90. The van der Waals surface area contributed by atoms with Gasteiger partial charge in [-0.25, -0.2) is 0 Å². The summed E-state index contributed by atoms with van der Waals surface area (Å²) in [5, 5.41) is 2.37. The van der Waals surface area contributed by atoms with E-state index in [9.17, 15) is 0 Å². The maximum absolute atomic E-state index is 5.67. The highest BCUT2D eigenvalue weighted by atomic mass is 16.7. The van der Waals surface area contributed by atoms with E-state index in [4.69, 9.17) is 4.84 Å². The van der Waals surface area contributed by atoms with Crippen LogP contribution in [0.25, 0.3) is 10.8 Å². The van der Waals surface area contributed by atoms with Gasteiger partial charge in [0.25, 0.3) is 0 Å². The molecule has 0 fully saturated rings. The largest absolute Gasteiger partial charge is 0.410 e. The molecule has 3 nitrogen and oxygen atoms in total. The number of pyridine rings is 1. The summed E-state index contributed by atoms with van der Waals surface area (Å²) >= 11 is 0. The average Bonchev–Trinajstić information content (AvgIpc) is 2.80. The van der Waals surface area contributed by atoms with Gasteiger partial charge in [-0.3, -0.25) is 4.98 Å². The molecule has 0 aliphatic carbocycles. The highest BCUT2D eigenvalue weighted by Crippen LogP contribution is 2.13. The number of benzene rings is 1. The van der Waals surface area contributed by atoms with Crippen LogP contribution in [0.1, 0.15) is 5.56 Å². The van der Waals surface area contributed by atoms with E-state index >= 15 is 0 Å². The molecule has 0 aliphatic rings. The molecule has 1 aromatic carbocycles. The Kier molecular flexibility index (Phi) is 2.50. The second-order valence-electron chi connectivity index (χ2n) is 3.88. The van der Waals surface area contributed by atoms with Crippen molar-refractivity contribution in [1.29, 1.82) is 0 Å². The molecule has 2 aromatic heterocycles. The van der Waals surface area contributed by atoms with Crippen LogP contribution in [0, 0.1) is 0 Å². The molecular weight excluding hydrogens is 212 g/mol. The van der Waals surface area contributed by atoms with Crippen LogP contribution in [0.15, 0.2) is 61.2 Å². The zero-order chi connectivity index (χ0) is 11.5. The van der Waals surface area contributed by atoms with Crippen LogP contribution in [0.4, 0.5) is 0 Å². The number of fused-ring (bicyclic) bond motifs is 1. The minimum absolute atomic E-state index is 0.545. The molecule has 0 aliphatic heterocycles. The molecule has 3 heteroatoms. The molecule has 0 N–H and O–H groups in total. The van der Waals surface area contributed by atoms with Crippen molar-refractivity contribution in [3.63, 3.8) is 0 Å². The van der Waals surface area contributed by atoms with E-state index in [2.05, 4.69) is 17.1 Å². The second kappa shape index (κ2) is 4.29. The minimum Gasteiger partial charge on any atom is -0.410 e. The van der Waals surface area contributed by atoms with Crippen LogP contribution in [0.3, 0.4) is 0 Å². The first-order valence-corrected chi connectivity index (χ1v) is 5.51. The molecule has 0 spiro atoms. The Morgan fingerprint density at radius 2 is 1.59 bits per heavy atom. The van der Waals surface area contributed by atoms with Crippen LogP contribution in [-0.4, -0.2) is 9.71 Å². The summed E-state index contributed by atoms with van der Waals surface area (Å²) < 4.78 is 1.76. The summed E-state index contributed by atoms with van der Waals surface area (Å²) in [6, 6.07) is 12.1. The molecule has 84 valence electrons. The van der Waals surface area contributed by atoms with Gasteiger partial charge in [0, 0.05) is 23.2 Å². The maximum atomic E-state index is 5.67. The third kappa shape index (κ3) is 2.13. The standard InChI is InChI=1S/C14H12N2O/c1-2-4-14-10-16(9-13(14)3-1)17-11-12-5-7-15-8-6-12/h1-10H,11H2. The van der Waals surface area contributed by atoms with Gasteiger partial charge < -0.3 is 4.84 Å². The fourth-order valence-corrected chi connectivity index (χ4v) is 1.76. The molecule has 0 unspecified atom stereocenters. The van der Waals surface area contributed by atoms with E-state index in [0.717, 1.165) is 5.56 Å². The fraction of sp³-hybridized carbons (Fsp3) is 0.0714. The molecule has 3 aromatic rings. The monoisotopic (exact) mass is 224 g/mol. The summed E-state index contributed by atoms with van der Waals surface area (Å²) in [5.41, 5.74) is 1.11. The third-order valence-electron chi connectivity index (χ3n) is 2.66. The summed E-state index contributed by atoms with van der Waals surface area (Å²) in [5.74, 6) is 0. The number of hydrogen-bond donors (Lipinski definition) is 0. The van der Waals surface area contributed by atoms with Crippen LogP contribution in [0.5, 0.6) is 0 Å². The van der Waals surface area contributed by atoms with Crippen LogP contribution >= 0.6 is 0 Å². The van der Waals surface area contributed by atoms with Crippen molar-refractivity contribution < 1.29 is 4.84 Å². The average molecular weight is 224 g/mol. The van der Waals surface area contributed by atoms with Gasteiger partial charge in [0.1, 0.15) is 6.61 Å². The summed E-state index contributed by atoms with van der Waals surface area (Å²) in [6.07, 6.45) is 7.50. The van der Waals surface area contributed by atoms with Crippen molar-refractivity contribution in [3.05, 3.63) is 66.7 Å². The number of rotatable bonds is 3. The van der Waals surface area contributed by atoms with Crippen LogP contribution in [-0.2, 0) is 6.61 Å². The van der Waals surface area contributed by atoms with Crippen molar-refractivity contribution in [2.45, 2.75) is 6.61 Å². The molecule has 0 atom stereocenters. The van der Waals surface area contributed by atoms with E-state index < -0.39 is 0 Å². The van der Waals surface area contributed by atoms with Gasteiger partial charge in [0.2, 0.25) is 0 Å². The first-order chi connectivity index (χ1) is 8.42. The van der Waals surface area contributed by atoms with Gasteiger partial charge in [-0.05, 0) is 17.7 Å². The molecule has 0 radical (unpaired) electrons. The third-order valence-corrected chi connectivity index (χ3v) is 2.66. The van der Waals surface area contributed by atoms with E-state index in [-0.39, 0.29) is 0 Å². The first-order valence-electron chi connectivity index (χ1n) is 5.51. The van der Waals surface area contributed by atoms with E-state index in [1.807, 2.05) is 36.7 Å². The van der Waals surface area contributed by atoms with Crippen molar-refractivity contribution in [3.8, 4) is 0 Å². The van der Waals surface area contributed by atoms with Gasteiger partial charge >= 0.3 is 0 Å². The molecule has 0 amide bonds. The quantitative estimate of drug-likeness (QED) is 0.684. The molecule has 0 bridgehead atoms. The van der Waals surface area contributed by atoms with Gasteiger partial charge in [0.15, 0.2) is 0 Å². The lowest BCUT2D eigenvalue weighted by molar-refractivity contribution is 0.0988. The highest BCUT2D eigenvalue weighted by molar-refractivity contribution is 5.81. The molecule has 0 saturated heterocycles. The Bertz CT molecular complexity index is 583. The van der Waals surface area contributed by atoms with Crippen molar-refractivity contribution >= 4 is 10.8 Å². The minimum atomic E-state index is 0.545. The summed E-state index contributed by atoms with van der Waals surface area (Å²) in [4.78, 5) is 9.64. The Hall–Kier alpha value is -2.29. The molecular formula is C14H12N2O. The van der Waals surface area contributed by atoms with E-state index in [0.29, 0.717) is 6.61 Å². The van der Waals surface area contributed by atoms with Crippen molar-refractivity contribution in [2.75, 3.05) is 0 Å². The van der Waals surface area contributed by atoms with Gasteiger partial charge in [-0.15, -0.1) is 0 Å². The molecule has 2 heterocycles. The molecule has 17 heavy (non-hydrogen) atoms. The molecule has 0 saturated carbocycles. The second-order valence-corrected chi connectivity index (χ2v) is 3.88. The van der Waals surface area contributed by atoms with E-state index in [1.165, 1.54) is 10.8 Å². The normalized spacial score (nSPS) is 10.6. The zero-order valence-electron chi connectivity index (χ0n) is 9.28. The topological polar surface area (TPSA) is 27.1 Å². The summed E-state index contributed by atoms with van der Waals surface area (Å²) in [6.45, 7) is 0.545. The smallest absolute Gasteiger partial charge is 0.140 e. The van der Waals surface area contributed by atoms with Crippen molar-refractivity contribution in [2.24, 2.45) is 0 Å². The van der Waals surface area contributed by atoms with Crippen LogP contribution in [0.2, 0.25) is 0 Å². The van der Waals surface area contributed by atoms with Crippen LogP contribution < -0.4 is 4.84 Å². The number of aromatic nitrogens is 2. The van der Waals surface area contributed by atoms with Gasteiger partial charge in [0.05, 0.1) is 12.4 Å². The Morgan fingerprint density at radius 3 is 2.24 bits per heavy atom. The predicted molar refractivity (Wildman–Crippen MR) is 66.5 cm³/mol. The van der Waals surface area contributed by atoms with Gasteiger partial charge in [-0.1, -0.05) is 24.3 Å².